The highest BCUT2D eigenvalue weighted by Crippen LogP contribution is 2.16. The van der Waals surface area contributed by atoms with Crippen LogP contribution in [0.4, 0.5) is 0 Å². The maximum absolute atomic E-state index is 12.3. The number of rotatable bonds is 4. The van der Waals surface area contributed by atoms with E-state index in [1.54, 1.807) is 10.9 Å². The van der Waals surface area contributed by atoms with Crippen molar-refractivity contribution in [2.24, 2.45) is 0 Å². The molecular formula is C16H23N5O2. The van der Waals surface area contributed by atoms with Gasteiger partial charge in [0.1, 0.15) is 12.3 Å². The Kier molecular flexibility index (Phi) is 4.47. The molecule has 0 aromatic carbocycles. The molecule has 2 aromatic rings. The molecule has 7 nitrogen and oxygen atoms in total. The molecule has 0 atom stereocenters. The van der Waals surface area contributed by atoms with E-state index < -0.39 is 0 Å². The maximum Gasteiger partial charge on any atom is 0.244 e. The van der Waals surface area contributed by atoms with Gasteiger partial charge in [0.05, 0.1) is 11.9 Å². The number of piperazine rings is 1. The van der Waals surface area contributed by atoms with Crippen LogP contribution in [0.2, 0.25) is 0 Å². The lowest BCUT2D eigenvalue weighted by molar-refractivity contribution is -0.133. The first-order valence-corrected chi connectivity index (χ1v) is 7.94. The van der Waals surface area contributed by atoms with Crippen molar-refractivity contribution in [1.82, 2.24) is 24.7 Å². The Morgan fingerprint density at radius 3 is 2.52 bits per heavy atom. The number of aryl methyl sites for hydroxylation is 3. The van der Waals surface area contributed by atoms with E-state index in [0.29, 0.717) is 6.54 Å². The molecule has 0 bridgehead atoms. The molecule has 0 radical (unpaired) electrons. The topological polar surface area (TPSA) is 67.4 Å². The largest absolute Gasteiger partial charge is 0.361 e. The van der Waals surface area contributed by atoms with Crippen molar-refractivity contribution in [2.75, 3.05) is 26.2 Å². The van der Waals surface area contributed by atoms with Gasteiger partial charge in [-0.3, -0.25) is 14.4 Å². The van der Waals surface area contributed by atoms with Crippen LogP contribution in [0.1, 0.15) is 22.6 Å². The molecule has 124 valence electrons. The number of aromatic nitrogens is 3. The van der Waals surface area contributed by atoms with Gasteiger partial charge in [-0.2, -0.15) is 5.10 Å². The van der Waals surface area contributed by atoms with E-state index in [9.17, 15) is 4.79 Å². The van der Waals surface area contributed by atoms with Gasteiger partial charge in [0.2, 0.25) is 5.91 Å². The molecule has 23 heavy (non-hydrogen) atoms. The summed E-state index contributed by atoms with van der Waals surface area (Å²) < 4.78 is 6.92. The van der Waals surface area contributed by atoms with Gasteiger partial charge < -0.3 is 9.42 Å². The number of carbonyl (C=O) groups excluding carboxylic acids is 1. The minimum atomic E-state index is 0.130. The van der Waals surface area contributed by atoms with Crippen LogP contribution in [-0.4, -0.2) is 56.8 Å². The number of carbonyl (C=O) groups is 1. The van der Waals surface area contributed by atoms with Gasteiger partial charge in [-0.25, -0.2) is 0 Å². The van der Waals surface area contributed by atoms with Gasteiger partial charge in [0, 0.05) is 44.5 Å². The summed E-state index contributed by atoms with van der Waals surface area (Å²) in [5.74, 6) is 1.01. The second-order valence-corrected chi connectivity index (χ2v) is 6.17. The number of nitrogens with zero attached hydrogens (tertiary/aromatic N) is 5. The van der Waals surface area contributed by atoms with E-state index >= 15 is 0 Å². The highest BCUT2D eigenvalue weighted by Gasteiger charge is 2.23. The summed E-state index contributed by atoms with van der Waals surface area (Å²) in [5.41, 5.74) is 3.19. The monoisotopic (exact) mass is 317 g/mol. The van der Waals surface area contributed by atoms with E-state index in [4.69, 9.17) is 4.52 Å². The first-order chi connectivity index (χ1) is 11.0. The molecule has 1 amide bonds. The summed E-state index contributed by atoms with van der Waals surface area (Å²) in [6.07, 6.45) is 3.67. The fourth-order valence-electron chi connectivity index (χ4n) is 2.90. The molecule has 1 aliphatic rings. The molecule has 3 rings (SSSR count). The van der Waals surface area contributed by atoms with Crippen LogP contribution in [0.15, 0.2) is 16.9 Å². The minimum Gasteiger partial charge on any atom is -0.361 e. The third-order valence-corrected chi connectivity index (χ3v) is 4.35. The molecular weight excluding hydrogens is 294 g/mol. The molecule has 1 fully saturated rings. The average Bonchev–Trinajstić information content (AvgIpc) is 3.08. The summed E-state index contributed by atoms with van der Waals surface area (Å²) >= 11 is 0. The fraction of sp³-hybridized carbons (Fsp3) is 0.562. The Balaban J connectivity index is 1.51. The third kappa shape index (κ3) is 3.61. The Labute approximate surface area is 135 Å². The number of amides is 1. The first kappa shape index (κ1) is 15.7. The van der Waals surface area contributed by atoms with E-state index in [1.807, 2.05) is 31.9 Å². The molecule has 0 unspecified atom stereocenters. The summed E-state index contributed by atoms with van der Waals surface area (Å²) in [4.78, 5) is 16.6. The highest BCUT2D eigenvalue weighted by atomic mass is 16.5. The molecule has 3 heterocycles. The van der Waals surface area contributed by atoms with Crippen LogP contribution in [-0.2, 0) is 17.9 Å². The smallest absolute Gasteiger partial charge is 0.244 e. The van der Waals surface area contributed by atoms with Crippen molar-refractivity contribution in [2.45, 2.75) is 33.9 Å². The van der Waals surface area contributed by atoms with E-state index in [1.165, 1.54) is 0 Å². The van der Waals surface area contributed by atoms with Crippen LogP contribution in [0.3, 0.4) is 0 Å². The molecule has 0 aliphatic carbocycles. The molecule has 1 aliphatic heterocycles. The van der Waals surface area contributed by atoms with E-state index in [-0.39, 0.29) is 5.91 Å². The van der Waals surface area contributed by atoms with Crippen molar-refractivity contribution in [3.8, 4) is 0 Å². The third-order valence-electron chi connectivity index (χ3n) is 4.35. The fourth-order valence-corrected chi connectivity index (χ4v) is 2.90. The molecule has 0 N–H and O–H groups in total. The molecule has 7 heteroatoms. The zero-order valence-corrected chi connectivity index (χ0v) is 13.9. The molecule has 0 saturated carbocycles. The quantitative estimate of drug-likeness (QED) is 0.846. The zero-order chi connectivity index (χ0) is 16.4. The summed E-state index contributed by atoms with van der Waals surface area (Å²) in [7, 11) is 0. The van der Waals surface area contributed by atoms with Crippen molar-refractivity contribution in [3.05, 3.63) is 35.0 Å². The number of hydrogen-bond acceptors (Lipinski definition) is 5. The van der Waals surface area contributed by atoms with Crippen LogP contribution < -0.4 is 0 Å². The van der Waals surface area contributed by atoms with Crippen molar-refractivity contribution < 1.29 is 9.32 Å². The van der Waals surface area contributed by atoms with E-state index in [2.05, 4.69) is 15.2 Å². The lowest BCUT2D eigenvalue weighted by Gasteiger charge is -2.34. The predicted molar refractivity (Wildman–Crippen MR) is 84.8 cm³/mol. The second kappa shape index (κ2) is 6.54. The predicted octanol–water partition coefficient (Wildman–Crippen LogP) is 1.14. The van der Waals surface area contributed by atoms with Gasteiger partial charge in [-0.1, -0.05) is 5.16 Å². The Morgan fingerprint density at radius 1 is 1.22 bits per heavy atom. The van der Waals surface area contributed by atoms with Gasteiger partial charge in [0.25, 0.3) is 0 Å². The summed E-state index contributed by atoms with van der Waals surface area (Å²) in [6, 6.07) is 0. The normalized spacial score (nSPS) is 16.0. The average molecular weight is 317 g/mol. The van der Waals surface area contributed by atoms with Crippen LogP contribution in [0, 0.1) is 20.8 Å². The van der Waals surface area contributed by atoms with E-state index in [0.717, 1.165) is 55.3 Å². The maximum atomic E-state index is 12.3. The Morgan fingerprint density at radius 2 is 1.96 bits per heavy atom. The van der Waals surface area contributed by atoms with Crippen LogP contribution >= 0.6 is 0 Å². The zero-order valence-electron chi connectivity index (χ0n) is 13.9. The lowest BCUT2D eigenvalue weighted by atomic mass is 10.2. The molecule has 0 spiro atoms. The first-order valence-electron chi connectivity index (χ1n) is 7.94. The Hall–Kier alpha value is -2.15. The van der Waals surface area contributed by atoms with Gasteiger partial charge in [-0.15, -0.1) is 0 Å². The van der Waals surface area contributed by atoms with Gasteiger partial charge in [0.15, 0.2) is 0 Å². The van der Waals surface area contributed by atoms with Crippen molar-refractivity contribution in [1.29, 1.82) is 0 Å². The summed E-state index contributed by atoms with van der Waals surface area (Å²) in [5, 5.41) is 8.17. The SMILES string of the molecule is Cc1cnn(CC(=O)N2CCN(Cc3c(C)noc3C)CC2)c1. The standard InChI is InChI=1S/C16H23N5O2/c1-12-8-17-21(9-12)11-16(22)20-6-4-19(5-7-20)10-15-13(2)18-23-14(15)3/h8-9H,4-7,10-11H2,1-3H3. The van der Waals surface area contributed by atoms with Gasteiger partial charge in [-0.05, 0) is 26.3 Å². The lowest BCUT2D eigenvalue weighted by Crippen LogP contribution is -2.49. The Bertz CT molecular complexity index is 663. The highest BCUT2D eigenvalue weighted by molar-refractivity contribution is 5.76. The van der Waals surface area contributed by atoms with Crippen molar-refractivity contribution >= 4 is 5.91 Å². The van der Waals surface area contributed by atoms with Crippen LogP contribution in [0.5, 0.6) is 0 Å². The number of hydrogen-bond donors (Lipinski definition) is 0. The molecule has 2 aromatic heterocycles. The van der Waals surface area contributed by atoms with Crippen LogP contribution in [0.25, 0.3) is 0 Å². The van der Waals surface area contributed by atoms with Gasteiger partial charge >= 0.3 is 0 Å². The van der Waals surface area contributed by atoms with Crippen molar-refractivity contribution in [3.63, 3.8) is 0 Å². The molecule has 1 saturated heterocycles. The minimum absolute atomic E-state index is 0.130. The second-order valence-electron chi connectivity index (χ2n) is 6.17. The summed E-state index contributed by atoms with van der Waals surface area (Å²) in [6.45, 7) is 10.3.